The highest BCUT2D eigenvalue weighted by atomic mass is 16.5. The molecule has 2 N–H and O–H groups in total. The molecule has 0 saturated heterocycles. The number of ether oxygens (including phenoxy) is 1. The van der Waals surface area contributed by atoms with Crippen LogP contribution in [-0.2, 0) is 32.0 Å². The van der Waals surface area contributed by atoms with E-state index >= 15 is 0 Å². The molecule has 8 unspecified atom stereocenters. The number of nitrogens with one attached hydrogen (secondary N) is 1. The Bertz CT molecular complexity index is 2150. The van der Waals surface area contributed by atoms with E-state index in [1.807, 2.05) is 0 Å². The second kappa shape index (κ2) is 17.3. The largest absolute Gasteiger partial charge is 0.512 e. The van der Waals surface area contributed by atoms with Gasteiger partial charge in [-0.25, -0.2) is 4.79 Å². The number of rotatable bonds is 14. The predicted molar refractivity (Wildman–Crippen MR) is 232 cm³/mol. The van der Waals surface area contributed by atoms with Crippen molar-refractivity contribution >= 4 is 40.1 Å². The molecule has 0 bridgehead atoms. The Morgan fingerprint density at radius 1 is 1.00 bits per heavy atom. The minimum absolute atomic E-state index is 0.0258. The molecule has 2 aromatic rings. The van der Waals surface area contributed by atoms with E-state index in [1.165, 1.54) is 49.4 Å². The molecule has 60 heavy (non-hydrogen) atoms. The highest BCUT2D eigenvalue weighted by Gasteiger charge is 2.59. The van der Waals surface area contributed by atoms with Gasteiger partial charge in [0, 0.05) is 68.0 Å². The molecule has 324 valence electrons. The third-order valence-corrected chi connectivity index (χ3v) is 16.3. The molecule has 1 aromatic heterocycles. The van der Waals surface area contributed by atoms with Crippen LogP contribution in [0.15, 0.2) is 44.8 Å². The normalized spacial score (nSPS) is 30.0. The maximum Gasteiger partial charge on any atom is 0.347 e. The van der Waals surface area contributed by atoms with Gasteiger partial charge in [0.1, 0.15) is 17.3 Å². The van der Waals surface area contributed by atoms with Crippen LogP contribution in [0.4, 0.5) is 5.69 Å². The standard InChI is InChI=1S/C50H66N2O8/c1-30(11-17-44(56)51-23-5-10-43(55)39-28-33-27-32-8-6-24-52-25-7-9-38(46(32)52)47(33)60-48(39)58)40-15-16-41-37-14-12-34-29-36(59-45(57)18-13-35(54)26-31(2)53)19-21-49(34,3)42(37)20-22-50(40,41)4/h12,26-28,30,36-37,40-42,54H,5-11,13-25,29H2,1-4H3,(H,51,56)/b35-26-. The van der Waals surface area contributed by atoms with Gasteiger partial charge in [0.25, 0.3) is 0 Å². The topological polar surface area (TPSA) is 143 Å². The monoisotopic (exact) mass is 822 g/mol. The molecule has 4 aliphatic carbocycles. The minimum Gasteiger partial charge on any atom is -0.512 e. The van der Waals surface area contributed by atoms with Gasteiger partial charge in [-0.05, 0) is 149 Å². The molecule has 8 atom stereocenters. The summed E-state index contributed by atoms with van der Waals surface area (Å²) in [4.78, 5) is 65.6. The number of ketones is 2. The van der Waals surface area contributed by atoms with Gasteiger partial charge >= 0.3 is 11.6 Å². The van der Waals surface area contributed by atoms with Crippen LogP contribution >= 0.6 is 0 Å². The molecule has 0 spiro atoms. The molecule has 1 amide bonds. The summed E-state index contributed by atoms with van der Waals surface area (Å²) in [5.74, 6) is 2.13. The van der Waals surface area contributed by atoms with Crippen molar-refractivity contribution in [3.63, 3.8) is 0 Å². The first kappa shape index (κ1) is 42.5. The van der Waals surface area contributed by atoms with Crippen molar-refractivity contribution in [3.05, 3.63) is 62.7 Å². The summed E-state index contributed by atoms with van der Waals surface area (Å²) in [6.07, 6.45) is 18.3. The number of nitrogens with zero attached hydrogens (tertiary/aromatic N) is 1. The zero-order valence-corrected chi connectivity index (χ0v) is 36.4. The van der Waals surface area contributed by atoms with Crippen molar-refractivity contribution < 1.29 is 33.4 Å². The second-order valence-electron chi connectivity index (χ2n) is 19.9. The fraction of sp³-hybridized carbons (Fsp3) is 0.660. The number of aliphatic hydroxyl groups is 1. The van der Waals surface area contributed by atoms with Crippen LogP contribution in [-0.4, -0.2) is 54.3 Å². The van der Waals surface area contributed by atoms with E-state index in [0.29, 0.717) is 54.6 Å². The zero-order valence-electron chi connectivity index (χ0n) is 36.4. The summed E-state index contributed by atoms with van der Waals surface area (Å²) in [7, 11) is 0. The molecule has 3 heterocycles. The van der Waals surface area contributed by atoms with Crippen LogP contribution in [0.5, 0.6) is 0 Å². The Balaban J connectivity index is 0.794. The molecule has 6 aliphatic rings. The lowest BCUT2D eigenvalue weighted by Gasteiger charge is -2.58. The summed E-state index contributed by atoms with van der Waals surface area (Å²) >= 11 is 0. The zero-order chi connectivity index (χ0) is 42.3. The quantitative estimate of drug-likeness (QED) is 0.0363. The molecular weight excluding hydrogens is 757 g/mol. The summed E-state index contributed by atoms with van der Waals surface area (Å²) in [6, 6.07) is 3.85. The highest BCUT2D eigenvalue weighted by molar-refractivity contribution is 5.99. The fourth-order valence-corrected chi connectivity index (χ4v) is 13.4. The molecule has 10 heteroatoms. The number of aliphatic hydroxyl groups excluding tert-OH is 1. The van der Waals surface area contributed by atoms with Crippen LogP contribution in [0, 0.1) is 40.4 Å². The van der Waals surface area contributed by atoms with Gasteiger partial charge in [-0.2, -0.15) is 0 Å². The van der Waals surface area contributed by atoms with E-state index in [2.05, 4.69) is 43.1 Å². The van der Waals surface area contributed by atoms with Gasteiger partial charge < -0.3 is 24.5 Å². The number of esters is 1. The van der Waals surface area contributed by atoms with Crippen molar-refractivity contribution in [2.24, 2.45) is 40.4 Å². The number of carbonyl (C=O) groups is 4. The number of hydrogen-bond donors (Lipinski definition) is 2. The van der Waals surface area contributed by atoms with Crippen LogP contribution < -0.4 is 15.8 Å². The van der Waals surface area contributed by atoms with Gasteiger partial charge in [-0.3, -0.25) is 19.2 Å². The number of amides is 1. The van der Waals surface area contributed by atoms with Gasteiger partial charge in [0.05, 0.1) is 12.2 Å². The van der Waals surface area contributed by atoms with Crippen LogP contribution in [0.1, 0.15) is 152 Å². The Morgan fingerprint density at radius 3 is 2.60 bits per heavy atom. The second-order valence-corrected chi connectivity index (χ2v) is 19.9. The fourth-order valence-electron chi connectivity index (χ4n) is 13.4. The van der Waals surface area contributed by atoms with Crippen molar-refractivity contribution in [1.29, 1.82) is 0 Å². The van der Waals surface area contributed by atoms with E-state index in [1.54, 1.807) is 6.07 Å². The minimum atomic E-state index is -0.565. The maximum absolute atomic E-state index is 13.2. The lowest BCUT2D eigenvalue weighted by molar-refractivity contribution is -0.151. The molecule has 1 aromatic carbocycles. The number of benzene rings is 1. The van der Waals surface area contributed by atoms with Gasteiger partial charge in [-0.1, -0.05) is 32.4 Å². The van der Waals surface area contributed by atoms with Gasteiger partial charge in [-0.15, -0.1) is 0 Å². The summed E-state index contributed by atoms with van der Waals surface area (Å²) in [5.41, 5.74) is 5.65. The third-order valence-electron chi connectivity index (χ3n) is 16.3. The first-order valence-electron chi connectivity index (χ1n) is 23.2. The number of hydrogen-bond acceptors (Lipinski definition) is 9. The molecule has 2 aliphatic heterocycles. The number of anilines is 1. The first-order valence-corrected chi connectivity index (χ1v) is 23.2. The van der Waals surface area contributed by atoms with E-state index < -0.39 is 5.63 Å². The third kappa shape index (κ3) is 8.25. The predicted octanol–water partition coefficient (Wildman–Crippen LogP) is 9.29. The van der Waals surface area contributed by atoms with E-state index in [9.17, 15) is 29.1 Å². The molecule has 8 rings (SSSR count). The SMILES string of the molecule is CC(=O)/C=C(\O)CCC(=O)OC1CCC2(C)C(=CCC3C2CCC2(C)C(C(C)CCC(=O)NCCCC(=O)c4cc5cc6c7c(c5oc4=O)CCCN7CCC6)CCC32)C1. The first-order chi connectivity index (χ1) is 28.7. The van der Waals surface area contributed by atoms with Crippen molar-refractivity contribution in [2.45, 2.75) is 149 Å². The van der Waals surface area contributed by atoms with Crippen LogP contribution in [0.3, 0.4) is 0 Å². The van der Waals surface area contributed by atoms with Crippen LogP contribution in [0.2, 0.25) is 0 Å². The Labute approximate surface area is 354 Å². The lowest BCUT2D eigenvalue weighted by Crippen LogP contribution is -2.51. The van der Waals surface area contributed by atoms with Gasteiger partial charge in [0.15, 0.2) is 11.6 Å². The number of allylic oxidation sites excluding steroid dienone is 3. The average molecular weight is 823 g/mol. The maximum atomic E-state index is 13.2. The summed E-state index contributed by atoms with van der Waals surface area (Å²) in [6.45, 7) is 11.2. The smallest absolute Gasteiger partial charge is 0.347 e. The Kier molecular flexibility index (Phi) is 12.2. The molecule has 3 saturated carbocycles. The average Bonchev–Trinajstić information content (AvgIpc) is 3.58. The van der Waals surface area contributed by atoms with Crippen molar-refractivity contribution in [3.8, 4) is 0 Å². The van der Waals surface area contributed by atoms with E-state index in [-0.39, 0.29) is 71.0 Å². The molecule has 0 radical (unpaired) electrons. The molecular formula is C50H66N2O8. The lowest BCUT2D eigenvalue weighted by atomic mass is 9.47. The van der Waals surface area contributed by atoms with E-state index in [4.69, 9.17) is 9.15 Å². The Hall–Kier alpha value is -4.21. The van der Waals surface area contributed by atoms with Crippen molar-refractivity contribution in [2.75, 3.05) is 24.5 Å². The van der Waals surface area contributed by atoms with Gasteiger partial charge in [0.2, 0.25) is 5.91 Å². The Morgan fingerprint density at radius 2 is 1.80 bits per heavy atom. The molecule has 10 nitrogen and oxygen atoms in total. The van der Waals surface area contributed by atoms with Crippen molar-refractivity contribution in [1.82, 2.24) is 5.32 Å². The highest BCUT2D eigenvalue weighted by Crippen LogP contribution is 2.67. The number of Topliss-reactive ketones (excluding diaryl/α,β-unsaturated/α-hetero) is 1. The number of fused-ring (bicyclic) bond motifs is 7. The summed E-state index contributed by atoms with van der Waals surface area (Å²) in [5, 5.41) is 13.8. The van der Waals surface area contributed by atoms with E-state index in [0.717, 1.165) is 87.9 Å². The van der Waals surface area contributed by atoms with Crippen LogP contribution in [0.25, 0.3) is 11.0 Å². The number of carbonyl (C=O) groups excluding carboxylic acids is 4. The molecule has 3 fully saturated rings. The number of aryl methyl sites for hydroxylation is 2. The summed E-state index contributed by atoms with van der Waals surface area (Å²) < 4.78 is 11.7.